The topological polar surface area (TPSA) is 82.7 Å². The summed E-state index contributed by atoms with van der Waals surface area (Å²) in [5, 5.41) is 21.4. The molecule has 5 heteroatoms. The minimum atomic E-state index is -0.637. The Bertz CT molecular complexity index is 577. The van der Waals surface area contributed by atoms with Crippen molar-refractivity contribution in [3.8, 4) is 0 Å². The molecule has 2 rings (SSSR count). The molecule has 0 aliphatic carbocycles. The van der Waals surface area contributed by atoms with Gasteiger partial charge in [0, 0.05) is 24.6 Å². The van der Waals surface area contributed by atoms with Gasteiger partial charge in [-0.1, -0.05) is 18.2 Å². The Labute approximate surface area is 123 Å². The van der Waals surface area contributed by atoms with Gasteiger partial charge < -0.3 is 19.9 Å². The maximum absolute atomic E-state index is 12.0. The Hall–Kier alpha value is -2.11. The molecule has 0 aliphatic rings. The van der Waals surface area contributed by atoms with Crippen molar-refractivity contribution in [1.29, 1.82) is 0 Å². The molecule has 2 unspecified atom stereocenters. The van der Waals surface area contributed by atoms with Gasteiger partial charge in [0.25, 0.3) is 5.91 Å². The van der Waals surface area contributed by atoms with Gasteiger partial charge in [-0.2, -0.15) is 0 Å². The highest BCUT2D eigenvalue weighted by Gasteiger charge is 2.18. The van der Waals surface area contributed by atoms with Crippen molar-refractivity contribution in [2.45, 2.75) is 19.4 Å². The average Bonchev–Trinajstić information content (AvgIpc) is 2.94. The minimum Gasteiger partial charge on any atom is -0.456 e. The third-order valence-electron chi connectivity index (χ3n) is 3.30. The smallest absolute Gasteiger partial charge is 0.291 e. The number of carbonyl (C=O) groups excluding carboxylic acids is 1. The molecule has 1 heterocycles. The molecule has 0 saturated heterocycles. The molecule has 0 saturated carbocycles. The van der Waals surface area contributed by atoms with E-state index in [2.05, 4.69) is 5.32 Å². The Balaban J connectivity index is 2.00. The van der Waals surface area contributed by atoms with Gasteiger partial charge >= 0.3 is 0 Å². The molecule has 1 aromatic heterocycles. The molecule has 21 heavy (non-hydrogen) atoms. The quantitative estimate of drug-likeness (QED) is 0.760. The summed E-state index contributed by atoms with van der Waals surface area (Å²) in [6.07, 6.45) is -0.256. The van der Waals surface area contributed by atoms with Crippen LogP contribution in [0.4, 0.5) is 5.69 Å². The molecular formula is C16H19NO4. The van der Waals surface area contributed by atoms with Crippen LogP contribution in [0.15, 0.2) is 46.9 Å². The van der Waals surface area contributed by atoms with E-state index in [1.807, 2.05) is 18.2 Å². The number of aliphatic hydroxyl groups is 2. The van der Waals surface area contributed by atoms with E-state index in [9.17, 15) is 15.0 Å². The van der Waals surface area contributed by atoms with E-state index in [0.29, 0.717) is 17.9 Å². The molecule has 0 fully saturated rings. The molecule has 0 aliphatic heterocycles. The lowest BCUT2D eigenvalue weighted by atomic mass is 10.00. The number of amides is 1. The van der Waals surface area contributed by atoms with E-state index in [-0.39, 0.29) is 24.2 Å². The van der Waals surface area contributed by atoms with E-state index in [1.54, 1.807) is 31.2 Å². The SMILES string of the molecule is CC(O)C(CO)Cc1ccc(C(=O)Nc2ccccc2)o1. The van der Waals surface area contributed by atoms with Crippen molar-refractivity contribution in [3.05, 3.63) is 54.0 Å². The van der Waals surface area contributed by atoms with Crippen LogP contribution in [0.2, 0.25) is 0 Å². The second-order valence-corrected chi connectivity index (χ2v) is 4.97. The van der Waals surface area contributed by atoms with Gasteiger partial charge in [0.05, 0.1) is 6.10 Å². The number of benzene rings is 1. The van der Waals surface area contributed by atoms with Crippen LogP contribution in [0.1, 0.15) is 23.2 Å². The zero-order valence-corrected chi connectivity index (χ0v) is 11.8. The Morgan fingerprint density at radius 3 is 2.57 bits per heavy atom. The van der Waals surface area contributed by atoms with Crippen molar-refractivity contribution in [2.75, 3.05) is 11.9 Å². The summed E-state index contributed by atoms with van der Waals surface area (Å²) >= 11 is 0. The lowest BCUT2D eigenvalue weighted by Gasteiger charge is -2.15. The average molecular weight is 289 g/mol. The van der Waals surface area contributed by atoms with Gasteiger partial charge in [-0.25, -0.2) is 0 Å². The number of nitrogens with one attached hydrogen (secondary N) is 1. The molecule has 2 aromatic rings. The number of hydrogen-bond acceptors (Lipinski definition) is 4. The highest BCUT2D eigenvalue weighted by Crippen LogP contribution is 2.17. The number of para-hydroxylation sites is 1. The second kappa shape index (κ2) is 7.06. The van der Waals surface area contributed by atoms with Gasteiger partial charge in [-0.05, 0) is 31.2 Å². The first kappa shape index (κ1) is 15.3. The first-order chi connectivity index (χ1) is 10.1. The zero-order valence-electron chi connectivity index (χ0n) is 11.8. The minimum absolute atomic E-state index is 0.135. The maximum atomic E-state index is 12.0. The van der Waals surface area contributed by atoms with Gasteiger partial charge in [0.1, 0.15) is 5.76 Å². The van der Waals surface area contributed by atoms with Crippen LogP contribution >= 0.6 is 0 Å². The van der Waals surface area contributed by atoms with E-state index in [4.69, 9.17) is 4.42 Å². The van der Waals surface area contributed by atoms with Gasteiger partial charge in [-0.3, -0.25) is 4.79 Å². The third kappa shape index (κ3) is 4.18. The number of furan rings is 1. The molecule has 2 atom stereocenters. The second-order valence-electron chi connectivity index (χ2n) is 4.97. The molecule has 112 valence electrons. The number of carbonyl (C=O) groups is 1. The molecular weight excluding hydrogens is 270 g/mol. The van der Waals surface area contributed by atoms with E-state index < -0.39 is 6.10 Å². The predicted octanol–water partition coefficient (Wildman–Crippen LogP) is 2.06. The van der Waals surface area contributed by atoms with Crippen LogP contribution < -0.4 is 5.32 Å². The van der Waals surface area contributed by atoms with Gasteiger partial charge in [0.15, 0.2) is 5.76 Å². The normalized spacial score (nSPS) is 13.7. The van der Waals surface area contributed by atoms with Gasteiger partial charge in [0.2, 0.25) is 0 Å². The van der Waals surface area contributed by atoms with Crippen LogP contribution in [0.25, 0.3) is 0 Å². The number of anilines is 1. The highest BCUT2D eigenvalue weighted by atomic mass is 16.4. The Morgan fingerprint density at radius 2 is 1.95 bits per heavy atom. The van der Waals surface area contributed by atoms with Crippen molar-refractivity contribution >= 4 is 11.6 Å². The van der Waals surface area contributed by atoms with E-state index >= 15 is 0 Å². The molecule has 0 spiro atoms. The number of aliphatic hydroxyl groups excluding tert-OH is 2. The van der Waals surface area contributed by atoms with E-state index in [0.717, 1.165) is 0 Å². The van der Waals surface area contributed by atoms with Crippen molar-refractivity contribution in [1.82, 2.24) is 0 Å². The summed E-state index contributed by atoms with van der Waals surface area (Å²) in [7, 11) is 0. The first-order valence-electron chi connectivity index (χ1n) is 6.84. The third-order valence-corrected chi connectivity index (χ3v) is 3.30. The summed E-state index contributed by atoms with van der Waals surface area (Å²) in [5.41, 5.74) is 0.692. The largest absolute Gasteiger partial charge is 0.456 e. The molecule has 1 aromatic carbocycles. The molecule has 3 N–H and O–H groups in total. The Kier molecular flexibility index (Phi) is 5.14. The number of rotatable bonds is 6. The lowest BCUT2D eigenvalue weighted by Crippen LogP contribution is -2.22. The van der Waals surface area contributed by atoms with Crippen LogP contribution in [0, 0.1) is 5.92 Å². The fourth-order valence-corrected chi connectivity index (χ4v) is 1.97. The van der Waals surface area contributed by atoms with Crippen molar-refractivity contribution < 1.29 is 19.4 Å². The summed E-state index contributed by atoms with van der Waals surface area (Å²) in [4.78, 5) is 12.0. The first-order valence-corrected chi connectivity index (χ1v) is 6.84. The van der Waals surface area contributed by atoms with Crippen LogP contribution in [-0.4, -0.2) is 28.8 Å². The lowest BCUT2D eigenvalue weighted by molar-refractivity contribution is 0.0775. The van der Waals surface area contributed by atoms with Crippen LogP contribution in [0.5, 0.6) is 0 Å². The fourth-order valence-electron chi connectivity index (χ4n) is 1.97. The molecule has 0 bridgehead atoms. The molecule has 5 nitrogen and oxygen atoms in total. The predicted molar refractivity (Wildman–Crippen MR) is 79.1 cm³/mol. The Morgan fingerprint density at radius 1 is 1.24 bits per heavy atom. The fraction of sp³-hybridized carbons (Fsp3) is 0.312. The molecule has 1 amide bonds. The molecule has 0 radical (unpaired) electrons. The van der Waals surface area contributed by atoms with Gasteiger partial charge in [-0.15, -0.1) is 0 Å². The summed E-state index contributed by atoms with van der Waals surface area (Å²) in [6.45, 7) is 1.48. The standard InChI is InChI=1S/C16H19NO4/c1-11(19)12(10-18)9-14-7-8-15(21-14)16(20)17-13-5-3-2-4-6-13/h2-8,11-12,18-19H,9-10H2,1H3,(H,17,20). The monoisotopic (exact) mass is 289 g/mol. The van der Waals surface area contributed by atoms with E-state index in [1.165, 1.54) is 0 Å². The summed E-state index contributed by atoms with van der Waals surface area (Å²) in [6, 6.07) is 12.4. The van der Waals surface area contributed by atoms with Crippen LogP contribution in [0.3, 0.4) is 0 Å². The maximum Gasteiger partial charge on any atom is 0.291 e. The van der Waals surface area contributed by atoms with Crippen molar-refractivity contribution in [2.24, 2.45) is 5.92 Å². The zero-order chi connectivity index (χ0) is 15.2. The highest BCUT2D eigenvalue weighted by molar-refractivity contribution is 6.02. The summed E-state index contributed by atoms with van der Waals surface area (Å²) < 4.78 is 5.47. The summed E-state index contributed by atoms with van der Waals surface area (Å²) in [5.74, 6) is 0.135. The van der Waals surface area contributed by atoms with Crippen LogP contribution in [-0.2, 0) is 6.42 Å². The number of hydrogen-bond donors (Lipinski definition) is 3. The van der Waals surface area contributed by atoms with Crippen molar-refractivity contribution in [3.63, 3.8) is 0 Å².